The van der Waals surface area contributed by atoms with Gasteiger partial charge in [-0.25, -0.2) is 0 Å². The van der Waals surface area contributed by atoms with E-state index in [1.54, 1.807) is 11.3 Å². The van der Waals surface area contributed by atoms with Crippen molar-refractivity contribution in [2.45, 2.75) is 13.1 Å². The van der Waals surface area contributed by atoms with Crippen molar-refractivity contribution >= 4 is 44.5 Å². The molecule has 3 heterocycles. The van der Waals surface area contributed by atoms with Gasteiger partial charge in [0, 0.05) is 22.1 Å². The fourth-order valence-electron chi connectivity index (χ4n) is 1.79. The highest BCUT2D eigenvalue weighted by atomic mass is 79.9. The molecule has 3 aromatic heterocycles. The molecule has 0 atom stereocenters. The summed E-state index contributed by atoms with van der Waals surface area (Å²) in [5, 5.41) is 11.6. The number of pyridine rings is 1. The quantitative estimate of drug-likeness (QED) is 0.777. The topological polar surface area (TPSA) is 42.2 Å². The number of hydrogen-bond donors (Lipinski definition) is 1. The molecule has 98 valence electrons. The van der Waals surface area contributed by atoms with Crippen LogP contribution in [0.5, 0.6) is 0 Å². The van der Waals surface area contributed by atoms with Crippen LogP contribution in [-0.2, 0) is 13.1 Å². The van der Waals surface area contributed by atoms with Crippen LogP contribution in [0.3, 0.4) is 0 Å². The summed E-state index contributed by atoms with van der Waals surface area (Å²) in [6, 6.07) is 7.89. The molecule has 0 aliphatic carbocycles. The van der Waals surface area contributed by atoms with E-state index < -0.39 is 0 Å². The van der Waals surface area contributed by atoms with Crippen molar-refractivity contribution in [3.8, 4) is 0 Å². The second-order valence-electron chi connectivity index (χ2n) is 3.98. The van der Waals surface area contributed by atoms with Crippen LogP contribution in [0.4, 0.5) is 0 Å². The number of fused-ring (bicyclic) bond motifs is 1. The maximum absolute atomic E-state index is 6.00. The van der Waals surface area contributed by atoms with Crippen LogP contribution >= 0.6 is 38.9 Å². The van der Waals surface area contributed by atoms with E-state index in [1.165, 1.54) is 4.88 Å². The Kier molecular flexibility index (Phi) is 3.83. The van der Waals surface area contributed by atoms with Crippen LogP contribution in [0, 0.1) is 0 Å². The molecular formula is C12H10BrClN4S. The number of hydrogen-bond acceptors (Lipinski definition) is 4. The molecule has 0 aromatic carbocycles. The summed E-state index contributed by atoms with van der Waals surface area (Å²) in [6.07, 6.45) is 1.96. The molecule has 0 amide bonds. The second kappa shape index (κ2) is 5.58. The normalized spacial score (nSPS) is 11.3. The minimum Gasteiger partial charge on any atom is -0.305 e. The van der Waals surface area contributed by atoms with Crippen LogP contribution in [0.25, 0.3) is 5.65 Å². The van der Waals surface area contributed by atoms with Crippen LogP contribution in [-0.4, -0.2) is 14.6 Å². The van der Waals surface area contributed by atoms with Gasteiger partial charge in [-0.15, -0.1) is 21.5 Å². The zero-order valence-corrected chi connectivity index (χ0v) is 13.0. The zero-order chi connectivity index (χ0) is 13.2. The van der Waals surface area contributed by atoms with Crippen LogP contribution < -0.4 is 5.32 Å². The molecule has 1 N–H and O–H groups in total. The summed E-state index contributed by atoms with van der Waals surface area (Å²) < 4.78 is 3.71. The van der Waals surface area contributed by atoms with Crippen molar-refractivity contribution < 1.29 is 0 Å². The van der Waals surface area contributed by atoms with E-state index in [-0.39, 0.29) is 0 Å². The van der Waals surface area contributed by atoms with Gasteiger partial charge in [-0.2, -0.15) is 0 Å². The molecule has 0 bridgehead atoms. The average molecular weight is 358 g/mol. The van der Waals surface area contributed by atoms with E-state index >= 15 is 0 Å². The molecule has 3 aromatic rings. The lowest BCUT2D eigenvalue weighted by Crippen LogP contribution is -2.14. The lowest BCUT2D eigenvalue weighted by molar-refractivity contribution is 0.662. The summed E-state index contributed by atoms with van der Waals surface area (Å²) in [4.78, 5) is 1.19. The van der Waals surface area contributed by atoms with Crippen molar-refractivity contribution in [1.82, 2.24) is 19.9 Å². The predicted octanol–water partition coefficient (Wildman–Crippen LogP) is 3.50. The van der Waals surface area contributed by atoms with E-state index in [0.717, 1.165) is 26.8 Å². The minimum absolute atomic E-state index is 0.665. The van der Waals surface area contributed by atoms with Gasteiger partial charge in [0.2, 0.25) is 0 Å². The Morgan fingerprint density at radius 1 is 1.32 bits per heavy atom. The standard InChI is InChI=1S/C12H10BrClN4S/c13-9-5-8(19-12(9)14)6-15-7-11-17-16-10-3-1-2-4-18(10)11/h1-5,15H,6-7H2. The number of halogens is 2. The van der Waals surface area contributed by atoms with Gasteiger partial charge in [0.25, 0.3) is 0 Å². The second-order valence-corrected chi connectivity index (χ2v) is 6.58. The Morgan fingerprint density at radius 3 is 3.00 bits per heavy atom. The molecule has 0 aliphatic rings. The van der Waals surface area contributed by atoms with Gasteiger partial charge in [0.05, 0.1) is 6.54 Å². The Morgan fingerprint density at radius 2 is 2.21 bits per heavy atom. The van der Waals surface area contributed by atoms with Crippen LogP contribution in [0.15, 0.2) is 34.9 Å². The van der Waals surface area contributed by atoms with E-state index in [0.29, 0.717) is 6.54 Å². The lowest BCUT2D eigenvalue weighted by atomic mass is 10.4. The third kappa shape index (κ3) is 2.81. The molecule has 0 radical (unpaired) electrons. The highest BCUT2D eigenvalue weighted by molar-refractivity contribution is 9.10. The van der Waals surface area contributed by atoms with E-state index in [1.807, 2.05) is 34.9 Å². The Bertz CT molecular complexity index is 689. The number of nitrogens with one attached hydrogen (secondary N) is 1. The Labute approximate surface area is 127 Å². The monoisotopic (exact) mass is 356 g/mol. The highest BCUT2D eigenvalue weighted by Gasteiger charge is 2.06. The first-order chi connectivity index (χ1) is 9.24. The molecule has 19 heavy (non-hydrogen) atoms. The lowest BCUT2D eigenvalue weighted by Gasteiger charge is -2.01. The number of aromatic nitrogens is 3. The molecule has 0 spiro atoms. The van der Waals surface area contributed by atoms with Crippen molar-refractivity contribution in [2.24, 2.45) is 0 Å². The van der Waals surface area contributed by atoms with E-state index in [9.17, 15) is 0 Å². The zero-order valence-electron chi connectivity index (χ0n) is 9.81. The largest absolute Gasteiger partial charge is 0.305 e. The molecule has 7 heteroatoms. The van der Waals surface area contributed by atoms with Gasteiger partial charge >= 0.3 is 0 Å². The Hall–Kier alpha value is -0.950. The van der Waals surface area contributed by atoms with Crippen molar-refractivity contribution in [2.75, 3.05) is 0 Å². The van der Waals surface area contributed by atoms with Gasteiger partial charge in [0.1, 0.15) is 4.34 Å². The van der Waals surface area contributed by atoms with Gasteiger partial charge in [-0.3, -0.25) is 4.40 Å². The number of nitrogens with zero attached hydrogens (tertiary/aromatic N) is 3. The maximum Gasteiger partial charge on any atom is 0.160 e. The first-order valence-electron chi connectivity index (χ1n) is 5.67. The van der Waals surface area contributed by atoms with E-state index in [2.05, 4.69) is 31.4 Å². The molecule has 0 aliphatic heterocycles. The molecule has 0 fully saturated rings. The van der Waals surface area contributed by atoms with Gasteiger partial charge in [-0.1, -0.05) is 17.7 Å². The van der Waals surface area contributed by atoms with Gasteiger partial charge < -0.3 is 5.32 Å². The van der Waals surface area contributed by atoms with Gasteiger partial charge in [0.15, 0.2) is 11.5 Å². The first-order valence-corrected chi connectivity index (χ1v) is 7.66. The smallest absolute Gasteiger partial charge is 0.160 e. The number of rotatable bonds is 4. The Balaban J connectivity index is 1.66. The minimum atomic E-state index is 0.665. The predicted molar refractivity (Wildman–Crippen MR) is 80.6 cm³/mol. The fourth-order valence-corrected chi connectivity index (χ4v) is 3.55. The van der Waals surface area contributed by atoms with Crippen molar-refractivity contribution in [1.29, 1.82) is 0 Å². The first kappa shape index (κ1) is 13.1. The van der Waals surface area contributed by atoms with Gasteiger partial charge in [-0.05, 0) is 34.1 Å². The fraction of sp³-hybridized carbons (Fsp3) is 0.167. The summed E-state index contributed by atoms with van der Waals surface area (Å²) in [5.41, 5.74) is 0.862. The molecule has 0 saturated heterocycles. The number of thiophene rings is 1. The third-order valence-corrected chi connectivity index (χ3v) is 5.14. The summed E-state index contributed by atoms with van der Waals surface area (Å²) in [7, 11) is 0. The van der Waals surface area contributed by atoms with Crippen LogP contribution in [0.2, 0.25) is 4.34 Å². The maximum atomic E-state index is 6.00. The molecular weight excluding hydrogens is 348 g/mol. The molecule has 0 unspecified atom stereocenters. The molecule has 4 nitrogen and oxygen atoms in total. The summed E-state index contributed by atoms with van der Waals surface area (Å²) in [5.74, 6) is 0.900. The SMILES string of the molecule is Clc1sc(CNCc2nnc3ccccn23)cc1Br. The third-order valence-electron chi connectivity index (χ3n) is 2.66. The molecule has 0 saturated carbocycles. The summed E-state index contributed by atoms with van der Waals surface area (Å²) >= 11 is 11.0. The molecule has 3 rings (SSSR count). The highest BCUT2D eigenvalue weighted by Crippen LogP contribution is 2.31. The van der Waals surface area contributed by atoms with Crippen LogP contribution in [0.1, 0.15) is 10.7 Å². The van der Waals surface area contributed by atoms with Crippen molar-refractivity contribution in [3.05, 3.63) is 50.0 Å². The summed E-state index contributed by atoms with van der Waals surface area (Å²) in [6.45, 7) is 1.43. The van der Waals surface area contributed by atoms with E-state index in [4.69, 9.17) is 11.6 Å². The average Bonchev–Trinajstić information content (AvgIpc) is 2.95. The van der Waals surface area contributed by atoms with Crippen molar-refractivity contribution in [3.63, 3.8) is 0 Å².